The molecule has 3 rings (SSSR count). The maximum atomic E-state index is 5.32. The minimum atomic E-state index is 0.631. The zero-order valence-corrected chi connectivity index (χ0v) is 12.5. The maximum absolute atomic E-state index is 5.32. The molecule has 112 valence electrons. The van der Waals surface area contributed by atoms with Crippen LogP contribution in [0.3, 0.4) is 0 Å². The van der Waals surface area contributed by atoms with Crippen molar-refractivity contribution in [3.05, 3.63) is 35.9 Å². The molecule has 0 unspecified atom stereocenters. The third-order valence-electron chi connectivity index (χ3n) is 3.65. The summed E-state index contributed by atoms with van der Waals surface area (Å²) in [6.45, 7) is 6.67. The van der Waals surface area contributed by atoms with Gasteiger partial charge in [0.2, 0.25) is 5.95 Å². The Balaban J connectivity index is 1.70. The van der Waals surface area contributed by atoms with E-state index in [4.69, 9.17) is 4.42 Å². The Morgan fingerprint density at radius 2 is 2.05 bits per heavy atom. The van der Waals surface area contributed by atoms with E-state index < -0.39 is 0 Å². The Labute approximate surface area is 124 Å². The van der Waals surface area contributed by atoms with Crippen LogP contribution in [-0.4, -0.2) is 48.1 Å². The second-order valence-corrected chi connectivity index (χ2v) is 5.42. The first kappa shape index (κ1) is 13.9. The topological polar surface area (TPSA) is 57.4 Å². The van der Waals surface area contributed by atoms with Gasteiger partial charge in [0, 0.05) is 37.9 Å². The predicted octanol–water partition coefficient (Wildman–Crippen LogP) is 1.74. The van der Waals surface area contributed by atoms with Crippen LogP contribution < -0.4 is 10.2 Å². The quantitative estimate of drug-likeness (QED) is 0.924. The van der Waals surface area contributed by atoms with E-state index >= 15 is 0 Å². The Kier molecular flexibility index (Phi) is 4.06. The molecule has 1 aliphatic heterocycles. The first-order valence-corrected chi connectivity index (χ1v) is 7.26. The summed E-state index contributed by atoms with van der Waals surface area (Å²) in [4.78, 5) is 13.7. The lowest BCUT2D eigenvalue weighted by molar-refractivity contribution is 0.311. The number of hydrogen-bond acceptors (Lipinski definition) is 6. The zero-order chi connectivity index (χ0) is 14.7. The lowest BCUT2D eigenvalue weighted by Crippen LogP contribution is -2.45. The molecule has 1 N–H and O–H groups in total. The molecule has 6 heteroatoms. The van der Waals surface area contributed by atoms with E-state index in [1.807, 2.05) is 25.1 Å². The highest BCUT2D eigenvalue weighted by atomic mass is 16.3. The average Bonchev–Trinajstić information content (AvgIpc) is 2.99. The standard InChI is InChI=1S/C15H21N5O/c1-12-10-14(16-11-13-4-3-9-21-13)18-15(17-12)20-7-5-19(2)6-8-20/h3-4,9-10H,5-8,11H2,1-2H3,(H,16,17,18). The van der Waals surface area contributed by atoms with Gasteiger partial charge in [-0.15, -0.1) is 0 Å². The number of aryl methyl sites for hydroxylation is 1. The van der Waals surface area contributed by atoms with Crippen molar-refractivity contribution >= 4 is 11.8 Å². The first-order valence-electron chi connectivity index (χ1n) is 7.26. The van der Waals surface area contributed by atoms with Gasteiger partial charge in [0.05, 0.1) is 12.8 Å². The molecule has 0 bridgehead atoms. The highest BCUT2D eigenvalue weighted by Crippen LogP contribution is 2.16. The van der Waals surface area contributed by atoms with Crippen LogP contribution in [0.1, 0.15) is 11.5 Å². The summed E-state index contributed by atoms with van der Waals surface area (Å²) in [6, 6.07) is 5.79. The normalized spacial score (nSPS) is 16.2. The minimum Gasteiger partial charge on any atom is -0.467 e. The van der Waals surface area contributed by atoms with E-state index in [9.17, 15) is 0 Å². The van der Waals surface area contributed by atoms with Crippen LogP contribution >= 0.6 is 0 Å². The number of rotatable bonds is 4. The highest BCUT2D eigenvalue weighted by Gasteiger charge is 2.17. The second-order valence-electron chi connectivity index (χ2n) is 5.42. The third-order valence-corrected chi connectivity index (χ3v) is 3.65. The van der Waals surface area contributed by atoms with Crippen LogP contribution in [0.2, 0.25) is 0 Å². The molecule has 2 aromatic rings. The first-order chi connectivity index (χ1) is 10.2. The Morgan fingerprint density at radius 3 is 2.76 bits per heavy atom. The monoisotopic (exact) mass is 287 g/mol. The van der Waals surface area contributed by atoms with Gasteiger partial charge < -0.3 is 19.5 Å². The molecule has 1 fully saturated rings. The molecule has 2 aromatic heterocycles. The lowest BCUT2D eigenvalue weighted by atomic mass is 10.3. The number of anilines is 2. The molecule has 1 saturated heterocycles. The zero-order valence-electron chi connectivity index (χ0n) is 12.5. The Bertz CT molecular complexity index is 576. The van der Waals surface area contributed by atoms with E-state index in [0.717, 1.165) is 49.4 Å². The molecule has 6 nitrogen and oxygen atoms in total. The van der Waals surface area contributed by atoms with Crippen molar-refractivity contribution in [2.75, 3.05) is 43.4 Å². The molecule has 0 radical (unpaired) electrons. The van der Waals surface area contributed by atoms with Crippen molar-refractivity contribution in [3.63, 3.8) is 0 Å². The molecule has 0 aromatic carbocycles. The fourth-order valence-electron chi connectivity index (χ4n) is 2.38. The van der Waals surface area contributed by atoms with Crippen molar-refractivity contribution in [2.45, 2.75) is 13.5 Å². The number of aromatic nitrogens is 2. The van der Waals surface area contributed by atoms with Crippen LogP contribution in [-0.2, 0) is 6.54 Å². The number of piperazine rings is 1. The number of nitrogens with one attached hydrogen (secondary N) is 1. The van der Waals surface area contributed by atoms with Crippen molar-refractivity contribution in [3.8, 4) is 0 Å². The third kappa shape index (κ3) is 3.52. The second kappa shape index (κ2) is 6.13. The van der Waals surface area contributed by atoms with Gasteiger partial charge in [0.1, 0.15) is 11.6 Å². The van der Waals surface area contributed by atoms with Gasteiger partial charge in [0.25, 0.3) is 0 Å². The molecule has 0 amide bonds. The van der Waals surface area contributed by atoms with Gasteiger partial charge in [-0.1, -0.05) is 0 Å². The van der Waals surface area contributed by atoms with Crippen LogP contribution in [0, 0.1) is 6.92 Å². The molecule has 0 atom stereocenters. The fourth-order valence-corrected chi connectivity index (χ4v) is 2.38. The smallest absolute Gasteiger partial charge is 0.227 e. The van der Waals surface area contributed by atoms with Crippen molar-refractivity contribution < 1.29 is 4.42 Å². The molecule has 0 aliphatic carbocycles. The van der Waals surface area contributed by atoms with Crippen LogP contribution in [0.4, 0.5) is 11.8 Å². The van der Waals surface area contributed by atoms with Gasteiger partial charge in [-0.05, 0) is 26.1 Å². The largest absolute Gasteiger partial charge is 0.467 e. The lowest BCUT2D eigenvalue weighted by Gasteiger charge is -2.32. The van der Waals surface area contributed by atoms with E-state index in [1.165, 1.54) is 0 Å². The maximum Gasteiger partial charge on any atom is 0.227 e. The van der Waals surface area contributed by atoms with E-state index in [2.05, 4.69) is 32.1 Å². The molecule has 1 aliphatic rings. The predicted molar refractivity (Wildman–Crippen MR) is 82.5 cm³/mol. The molecule has 21 heavy (non-hydrogen) atoms. The number of furan rings is 1. The average molecular weight is 287 g/mol. The number of hydrogen-bond donors (Lipinski definition) is 1. The fraction of sp³-hybridized carbons (Fsp3) is 0.467. The Morgan fingerprint density at radius 1 is 1.24 bits per heavy atom. The molecule has 0 saturated carbocycles. The van der Waals surface area contributed by atoms with Crippen LogP contribution in [0.15, 0.2) is 28.9 Å². The summed E-state index contributed by atoms with van der Waals surface area (Å²) in [5.74, 6) is 2.55. The highest BCUT2D eigenvalue weighted by molar-refractivity contribution is 5.44. The van der Waals surface area contributed by atoms with Gasteiger partial charge in [-0.25, -0.2) is 4.98 Å². The molecule has 0 spiro atoms. The van der Waals surface area contributed by atoms with Crippen molar-refractivity contribution in [2.24, 2.45) is 0 Å². The van der Waals surface area contributed by atoms with E-state index in [-0.39, 0.29) is 0 Å². The summed E-state index contributed by atoms with van der Waals surface area (Å²) < 4.78 is 5.32. The van der Waals surface area contributed by atoms with Crippen molar-refractivity contribution in [1.29, 1.82) is 0 Å². The molecule has 3 heterocycles. The number of likely N-dealkylation sites (N-methyl/N-ethyl adjacent to an activating group) is 1. The summed E-state index contributed by atoms with van der Waals surface area (Å²) >= 11 is 0. The van der Waals surface area contributed by atoms with Crippen LogP contribution in [0.25, 0.3) is 0 Å². The van der Waals surface area contributed by atoms with Gasteiger partial charge in [0.15, 0.2) is 0 Å². The summed E-state index contributed by atoms with van der Waals surface area (Å²) in [5.41, 5.74) is 0.973. The van der Waals surface area contributed by atoms with Crippen LogP contribution in [0.5, 0.6) is 0 Å². The van der Waals surface area contributed by atoms with Gasteiger partial charge in [-0.3, -0.25) is 0 Å². The summed E-state index contributed by atoms with van der Waals surface area (Å²) in [6.07, 6.45) is 1.68. The minimum absolute atomic E-state index is 0.631. The van der Waals surface area contributed by atoms with E-state index in [1.54, 1.807) is 6.26 Å². The Hall–Kier alpha value is -2.08. The number of nitrogens with zero attached hydrogens (tertiary/aromatic N) is 4. The molecular weight excluding hydrogens is 266 g/mol. The summed E-state index contributed by atoms with van der Waals surface area (Å²) in [7, 11) is 2.14. The SMILES string of the molecule is Cc1cc(NCc2ccco2)nc(N2CCN(C)CC2)n1. The summed E-state index contributed by atoms with van der Waals surface area (Å²) in [5, 5.41) is 3.29. The van der Waals surface area contributed by atoms with Crippen molar-refractivity contribution in [1.82, 2.24) is 14.9 Å². The van der Waals surface area contributed by atoms with Gasteiger partial charge >= 0.3 is 0 Å². The van der Waals surface area contributed by atoms with Gasteiger partial charge in [-0.2, -0.15) is 4.98 Å². The molecular formula is C15H21N5O. The van der Waals surface area contributed by atoms with E-state index in [0.29, 0.717) is 6.54 Å².